The van der Waals surface area contributed by atoms with Gasteiger partial charge in [0, 0.05) is 32.1 Å². The number of carbonyl (C=O) groups excluding carboxylic acids is 2. The van der Waals surface area contributed by atoms with Crippen molar-refractivity contribution in [1.29, 1.82) is 0 Å². The number of piperidine rings is 1. The second-order valence-corrected chi connectivity index (χ2v) is 10.3. The molecule has 1 saturated carbocycles. The van der Waals surface area contributed by atoms with Gasteiger partial charge in [-0.2, -0.15) is 0 Å². The molecule has 0 radical (unpaired) electrons. The number of hydrogen-bond donors (Lipinski definition) is 1. The lowest BCUT2D eigenvalue weighted by molar-refractivity contribution is -0.147. The van der Waals surface area contributed by atoms with Crippen LogP contribution in [0.1, 0.15) is 57.8 Å². The minimum absolute atomic E-state index is 0.0562. The Bertz CT molecular complexity index is 645. The molecule has 3 aliphatic rings. The maximum absolute atomic E-state index is 13.1. The number of amides is 2. The molecular formula is C19H33N3O4S. The van der Waals surface area contributed by atoms with Gasteiger partial charge < -0.3 is 9.80 Å². The van der Waals surface area contributed by atoms with Crippen LogP contribution < -0.4 is 4.72 Å². The first-order chi connectivity index (χ1) is 12.8. The molecular weight excluding hydrogens is 366 g/mol. The van der Waals surface area contributed by atoms with Gasteiger partial charge in [0.25, 0.3) is 0 Å². The zero-order valence-electron chi connectivity index (χ0n) is 16.4. The van der Waals surface area contributed by atoms with Crippen molar-refractivity contribution in [2.24, 2.45) is 11.8 Å². The fraction of sp³-hybridized carbons (Fsp3) is 0.895. The monoisotopic (exact) mass is 399 g/mol. The summed E-state index contributed by atoms with van der Waals surface area (Å²) >= 11 is 0. The summed E-state index contributed by atoms with van der Waals surface area (Å²) in [6.07, 6.45) is 9.95. The van der Waals surface area contributed by atoms with E-state index in [1.165, 1.54) is 6.42 Å². The molecule has 2 amide bonds. The van der Waals surface area contributed by atoms with Gasteiger partial charge in [0.2, 0.25) is 21.8 Å². The molecule has 8 heteroatoms. The van der Waals surface area contributed by atoms with Gasteiger partial charge in [-0.25, -0.2) is 13.1 Å². The van der Waals surface area contributed by atoms with E-state index in [1.807, 2.05) is 9.80 Å². The van der Waals surface area contributed by atoms with Crippen LogP contribution >= 0.6 is 0 Å². The highest BCUT2D eigenvalue weighted by atomic mass is 32.2. The number of nitrogens with zero attached hydrogens (tertiary/aromatic N) is 2. The van der Waals surface area contributed by atoms with E-state index in [2.05, 4.69) is 4.72 Å². The van der Waals surface area contributed by atoms with Crippen LogP contribution in [0, 0.1) is 11.8 Å². The highest BCUT2D eigenvalue weighted by Gasteiger charge is 2.40. The normalized spacial score (nSPS) is 27.7. The van der Waals surface area contributed by atoms with Gasteiger partial charge in [0.05, 0.1) is 6.26 Å². The second kappa shape index (κ2) is 8.90. The summed E-state index contributed by atoms with van der Waals surface area (Å²) in [7, 11) is -3.22. The van der Waals surface area contributed by atoms with Crippen LogP contribution in [0.15, 0.2) is 0 Å². The molecule has 0 aromatic carbocycles. The molecule has 0 bridgehead atoms. The number of likely N-dealkylation sites (tertiary alicyclic amines) is 2. The molecule has 0 spiro atoms. The summed E-state index contributed by atoms with van der Waals surface area (Å²) in [5.74, 6) is 0.472. The van der Waals surface area contributed by atoms with Gasteiger partial charge in [-0.3, -0.25) is 9.59 Å². The van der Waals surface area contributed by atoms with Crippen molar-refractivity contribution in [1.82, 2.24) is 14.5 Å². The third-order valence-electron chi connectivity index (χ3n) is 6.24. The van der Waals surface area contributed by atoms with Gasteiger partial charge >= 0.3 is 0 Å². The Labute approximate surface area is 162 Å². The van der Waals surface area contributed by atoms with E-state index in [-0.39, 0.29) is 29.7 Å². The molecule has 154 valence electrons. The van der Waals surface area contributed by atoms with Crippen LogP contribution in [0.5, 0.6) is 0 Å². The standard InChI is InChI=1S/C19H33N3O4S/c1-27(25,26)20-13-15-7-5-11-21(14-15)19(24)17-10-6-12-22(17)18(23)16-8-3-2-4-9-16/h15-17,20H,2-14H2,1H3. The van der Waals surface area contributed by atoms with E-state index in [9.17, 15) is 18.0 Å². The summed E-state index contributed by atoms with van der Waals surface area (Å²) in [4.78, 5) is 29.8. The molecule has 3 rings (SSSR count). The number of sulfonamides is 1. The summed E-state index contributed by atoms with van der Waals surface area (Å²) < 4.78 is 25.2. The fourth-order valence-corrected chi connectivity index (χ4v) is 5.32. The predicted octanol–water partition coefficient (Wildman–Crippen LogP) is 1.35. The van der Waals surface area contributed by atoms with Crippen LogP contribution in [-0.2, 0) is 19.6 Å². The van der Waals surface area contributed by atoms with Gasteiger partial charge in [-0.15, -0.1) is 0 Å². The van der Waals surface area contributed by atoms with Crippen LogP contribution in [0.2, 0.25) is 0 Å². The summed E-state index contributed by atoms with van der Waals surface area (Å²) in [6.45, 7) is 2.34. The van der Waals surface area contributed by atoms with Gasteiger partial charge in [0.15, 0.2) is 0 Å². The topological polar surface area (TPSA) is 86.8 Å². The minimum Gasteiger partial charge on any atom is -0.341 e. The van der Waals surface area contributed by atoms with E-state index in [0.29, 0.717) is 26.2 Å². The molecule has 2 atom stereocenters. The molecule has 3 fully saturated rings. The molecule has 0 aromatic heterocycles. The van der Waals surface area contributed by atoms with Gasteiger partial charge in [-0.1, -0.05) is 19.3 Å². The Balaban J connectivity index is 1.59. The van der Waals surface area contributed by atoms with Crippen molar-refractivity contribution in [2.75, 3.05) is 32.4 Å². The molecule has 2 saturated heterocycles. The molecule has 0 aromatic rings. The van der Waals surface area contributed by atoms with Gasteiger partial charge in [-0.05, 0) is 44.4 Å². The Hall–Kier alpha value is -1.15. The first kappa shape index (κ1) is 20.6. The lowest BCUT2D eigenvalue weighted by Crippen LogP contribution is -2.52. The van der Waals surface area contributed by atoms with Crippen molar-refractivity contribution in [2.45, 2.75) is 63.8 Å². The Morgan fingerprint density at radius 3 is 2.33 bits per heavy atom. The highest BCUT2D eigenvalue weighted by Crippen LogP contribution is 2.30. The van der Waals surface area contributed by atoms with Crippen molar-refractivity contribution >= 4 is 21.8 Å². The van der Waals surface area contributed by atoms with Crippen LogP contribution in [-0.4, -0.2) is 68.5 Å². The highest BCUT2D eigenvalue weighted by molar-refractivity contribution is 7.88. The molecule has 27 heavy (non-hydrogen) atoms. The molecule has 7 nitrogen and oxygen atoms in total. The van der Waals surface area contributed by atoms with E-state index >= 15 is 0 Å². The van der Waals surface area contributed by atoms with Gasteiger partial charge in [0.1, 0.15) is 6.04 Å². The number of hydrogen-bond acceptors (Lipinski definition) is 4. The van der Waals surface area contributed by atoms with E-state index in [0.717, 1.165) is 57.6 Å². The fourth-order valence-electron chi connectivity index (χ4n) is 4.78. The maximum atomic E-state index is 13.1. The SMILES string of the molecule is CS(=O)(=O)NCC1CCCN(C(=O)C2CCCN2C(=O)C2CCCCC2)C1. The average Bonchev–Trinajstić information content (AvgIpc) is 3.15. The number of rotatable bonds is 5. The summed E-state index contributed by atoms with van der Waals surface area (Å²) in [6, 6.07) is -0.318. The predicted molar refractivity (Wildman–Crippen MR) is 103 cm³/mol. The average molecular weight is 400 g/mol. The van der Waals surface area contributed by atoms with Crippen LogP contribution in [0.4, 0.5) is 0 Å². The summed E-state index contributed by atoms with van der Waals surface area (Å²) in [5.41, 5.74) is 0. The van der Waals surface area contributed by atoms with Crippen molar-refractivity contribution < 1.29 is 18.0 Å². The zero-order valence-corrected chi connectivity index (χ0v) is 17.2. The Morgan fingerprint density at radius 2 is 1.63 bits per heavy atom. The minimum atomic E-state index is -3.22. The van der Waals surface area contributed by atoms with E-state index in [4.69, 9.17) is 0 Å². The van der Waals surface area contributed by atoms with Crippen molar-refractivity contribution in [3.63, 3.8) is 0 Å². The summed E-state index contributed by atoms with van der Waals surface area (Å²) in [5, 5.41) is 0. The lowest BCUT2D eigenvalue weighted by atomic mass is 9.88. The first-order valence-corrected chi connectivity index (χ1v) is 12.3. The number of nitrogens with one attached hydrogen (secondary N) is 1. The van der Waals surface area contributed by atoms with Crippen LogP contribution in [0.25, 0.3) is 0 Å². The molecule has 1 aliphatic carbocycles. The smallest absolute Gasteiger partial charge is 0.245 e. The van der Waals surface area contributed by atoms with E-state index in [1.54, 1.807) is 0 Å². The third kappa shape index (κ3) is 5.44. The molecule has 2 aliphatic heterocycles. The third-order valence-corrected chi connectivity index (χ3v) is 6.93. The molecule has 2 unspecified atom stereocenters. The number of carbonyl (C=O) groups is 2. The van der Waals surface area contributed by atoms with Crippen LogP contribution in [0.3, 0.4) is 0 Å². The van der Waals surface area contributed by atoms with Crippen molar-refractivity contribution in [3.05, 3.63) is 0 Å². The molecule has 2 heterocycles. The Kier molecular flexibility index (Phi) is 6.78. The molecule has 1 N–H and O–H groups in total. The maximum Gasteiger partial charge on any atom is 0.245 e. The quantitative estimate of drug-likeness (QED) is 0.756. The zero-order chi connectivity index (χ0) is 19.4. The lowest BCUT2D eigenvalue weighted by Gasteiger charge is -2.37. The largest absolute Gasteiger partial charge is 0.341 e. The van der Waals surface area contributed by atoms with Crippen molar-refractivity contribution in [3.8, 4) is 0 Å². The second-order valence-electron chi connectivity index (χ2n) is 8.44. The van der Waals surface area contributed by atoms with E-state index < -0.39 is 10.0 Å². The first-order valence-electron chi connectivity index (χ1n) is 10.4. The Morgan fingerprint density at radius 1 is 0.926 bits per heavy atom.